The molecule has 1 aromatic heterocycles. The molecule has 0 N–H and O–H groups in total. The molecule has 1 nitrogen and oxygen atoms in total. The number of alkyl halides is 3. The van der Waals surface area contributed by atoms with Crippen molar-refractivity contribution in [2.75, 3.05) is 0 Å². The molecule has 0 unspecified atom stereocenters. The average Bonchev–Trinajstić information content (AvgIpc) is 2.69. The van der Waals surface area contributed by atoms with Crippen LogP contribution in [0.15, 0.2) is 24.4 Å². The highest BCUT2D eigenvalue weighted by molar-refractivity contribution is 7.12. The number of benzene rings is 1. The Kier molecular flexibility index (Phi) is 2.90. The van der Waals surface area contributed by atoms with Gasteiger partial charge in [-0.25, -0.2) is 4.98 Å². The Balaban J connectivity index is 2.62. The fourth-order valence-corrected chi connectivity index (χ4v) is 2.04. The van der Waals surface area contributed by atoms with E-state index in [0.29, 0.717) is 0 Å². The standard InChI is InChI=1S/C10H4ClF3NS/c11-6-1-2-7(9-15-3-4-16-9)8(5-6)10(12,13)14/h1-3,5H. The second-order valence-corrected chi connectivity index (χ2v) is 4.23. The van der Waals surface area contributed by atoms with Crippen LogP contribution < -0.4 is 0 Å². The Morgan fingerprint density at radius 1 is 1.31 bits per heavy atom. The molecule has 1 radical (unpaired) electrons. The zero-order valence-corrected chi connectivity index (χ0v) is 9.25. The van der Waals surface area contributed by atoms with Crippen LogP contribution in [0.3, 0.4) is 0 Å². The van der Waals surface area contributed by atoms with Crippen molar-refractivity contribution in [3.05, 3.63) is 40.4 Å². The normalized spacial score (nSPS) is 11.8. The van der Waals surface area contributed by atoms with E-state index >= 15 is 0 Å². The molecule has 0 atom stereocenters. The summed E-state index contributed by atoms with van der Waals surface area (Å²) in [6.45, 7) is 0. The molecule has 0 amide bonds. The Hall–Kier alpha value is -1.07. The highest BCUT2D eigenvalue weighted by Gasteiger charge is 2.34. The molecule has 83 valence electrons. The molecule has 0 fully saturated rings. The monoisotopic (exact) mass is 262 g/mol. The minimum atomic E-state index is -4.44. The quantitative estimate of drug-likeness (QED) is 0.747. The van der Waals surface area contributed by atoms with Gasteiger partial charge in [-0.2, -0.15) is 13.2 Å². The molecule has 0 spiro atoms. The first-order valence-electron chi connectivity index (χ1n) is 4.17. The van der Waals surface area contributed by atoms with Gasteiger partial charge in [-0.1, -0.05) is 11.6 Å². The van der Waals surface area contributed by atoms with E-state index in [2.05, 4.69) is 10.4 Å². The molecule has 2 rings (SSSR count). The molecular weight excluding hydrogens is 259 g/mol. The minimum absolute atomic E-state index is 0.0307. The Bertz CT molecular complexity index is 493. The van der Waals surface area contributed by atoms with E-state index in [1.165, 1.54) is 18.3 Å². The van der Waals surface area contributed by atoms with Crippen LogP contribution in [0.25, 0.3) is 10.6 Å². The third-order valence-corrected chi connectivity index (χ3v) is 2.88. The molecule has 0 aliphatic rings. The van der Waals surface area contributed by atoms with Gasteiger partial charge in [0, 0.05) is 16.8 Å². The van der Waals surface area contributed by atoms with Crippen LogP contribution in [0, 0.1) is 5.38 Å². The van der Waals surface area contributed by atoms with Gasteiger partial charge in [0.2, 0.25) is 0 Å². The van der Waals surface area contributed by atoms with Crippen LogP contribution in [0.5, 0.6) is 0 Å². The van der Waals surface area contributed by atoms with E-state index in [4.69, 9.17) is 11.6 Å². The van der Waals surface area contributed by atoms with Gasteiger partial charge < -0.3 is 0 Å². The Morgan fingerprint density at radius 3 is 2.62 bits per heavy atom. The summed E-state index contributed by atoms with van der Waals surface area (Å²) in [5.41, 5.74) is -0.744. The average molecular weight is 263 g/mol. The van der Waals surface area contributed by atoms with Crippen molar-refractivity contribution in [1.29, 1.82) is 0 Å². The summed E-state index contributed by atoms with van der Waals surface area (Å²) >= 11 is 6.59. The SMILES string of the molecule is FC(F)(F)c1cc(Cl)ccc1-c1nc[c]s1. The van der Waals surface area contributed by atoms with E-state index in [1.807, 2.05) is 0 Å². The molecule has 2 aromatic rings. The highest BCUT2D eigenvalue weighted by atomic mass is 35.5. The van der Waals surface area contributed by atoms with Crippen molar-refractivity contribution < 1.29 is 13.2 Å². The molecule has 1 heterocycles. The second-order valence-electron chi connectivity index (χ2n) is 2.97. The van der Waals surface area contributed by atoms with Crippen molar-refractivity contribution in [3.8, 4) is 10.6 Å². The fourth-order valence-electron chi connectivity index (χ4n) is 1.26. The van der Waals surface area contributed by atoms with Gasteiger partial charge in [-0.3, -0.25) is 0 Å². The lowest BCUT2D eigenvalue weighted by molar-refractivity contribution is -0.137. The van der Waals surface area contributed by atoms with Crippen molar-refractivity contribution >= 4 is 22.9 Å². The number of rotatable bonds is 1. The van der Waals surface area contributed by atoms with Crippen LogP contribution >= 0.6 is 22.9 Å². The molecule has 0 saturated carbocycles. The van der Waals surface area contributed by atoms with Gasteiger partial charge >= 0.3 is 6.18 Å². The zero-order valence-electron chi connectivity index (χ0n) is 7.68. The molecule has 0 aliphatic heterocycles. The summed E-state index contributed by atoms with van der Waals surface area (Å²) in [5.74, 6) is 0. The molecule has 16 heavy (non-hydrogen) atoms. The smallest absolute Gasteiger partial charge is 0.244 e. The second kappa shape index (κ2) is 4.07. The topological polar surface area (TPSA) is 12.9 Å². The maximum absolute atomic E-state index is 12.7. The molecule has 0 bridgehead atoms. The number of aromatic nitrogens is 1. The Labute approximate surface area is 98.5 Å². The number of halogens is 4. The van der Waals surface area contributed by atoms with Gasteiger partial charge in [0.15, 0.2) is 0 Å². The highest BCUT2D eigenvalue weighted by Crippen LogP contribution is 2.38. The summed E-state index contributed by atoms with van der Waals surface area (Å²) < 4.78 is 38.2. The van der Waals surface area contributed by atoms with Gasteiger partial charge in [0.25, 0.3) is 0 Å². The van der Waals surface area contributed by atoms with Crippen molar-refractivity contribution in [2.24, 2.45) is 0 Å². The van der Waals surface area contributed by atoms with E-state index in [-0.39, 0.29) is 15.6 Å². The summed E-state index contributed by atoms with van der Waals surface area (Å²) in [7, 11) is 0. The van der Waals surface area contributed by atoms with Gasteiger partial charge in [0.1, 0.15) is 5.01 Å². The van der Waals surface area contributed by atoms with E-state index in [1.54, 1.807) is 0 Å². The third kappa shape index (κ3) is 2.20. The van der Waals surface area contributed by atoms with Crippen molar-refractivity contribution in [2.45, 2.75) is 6.18 Å². The maximum atomic E-state index is 12.7. The van der Waals surface area contributed by atoms with Gasteiger partial charge in [0.05, 0.1) is 10.9 Å². The first-order valence-corrected chi connectivity index (χ1v) is 5.37. The number of hydrogen-bond acceptors (Lipinski definition) is 2. The van der Waals surface area contributed by atoms with Crippen molar-refractivity contribution in [3.63, 3.8) is 0 Å². The maximum Gasteiger partial charge on any atom is 0.417 e. The van der Waals surface area contributed by atoms with Crippen molar-refractivity contribution in [1.82, 2.24) is 4.98 Å². The lowest BCUT2D eigenvalue weighted by atomic mass is 10.1. The zero-order chi connectivity index (χ0) is 11.8. The predicted molar refractivity (Wildman–Crippen MR) is 56.4 cm³/mol. The fraction of sp³-hybridized carbons (Fsp3) is 0.100. The molecular formula is C10H4ClF3NS. The summed E-state index contributed by atoms with van der Waals surface area (Å²) in [6.07, 6.45) is -3.10. The van der Waals surface area contributed by atoms with Gasteiger partial charge in [-0.05, 0) is 18.2 Å². The Morgan fingerprint density at radius 2 is 2.06 bits per heavy atom. The molecule has 6 heteroatoms. The van der Waals surface area contributed by atoms with Crippen LogP contribution in [0.2, 0.25) is 5.02 Å². The molecule has 1 aromatic carbocycles. The predicted octanol–water partition coefficient (Wildman–Crippen LogP) is 4.28. The largest absolute Gasteiger partial charge is 0.417 e. The number of nitrogens with zero attached hydrogens (tertiary/aromatic N) is 1. The third-order valence-electron chi connectivity index (χ3n) is 1.91. The summed E-state index contributed by atoms with van der Waals surface area (Å²) in [6, 6.07) is 3.63. The van der Waals surface area contributed by atoms with Crippen LogP contribution in [0.1, 0.15) is 5.56 Å². The van der Waals surface area contributed by atoms with Gasteiger partial charge in [-0.15, -0.1) is 11.3 Å². The minimum Gasteiger partial charge on any atom is -0.244 e. The van der Waals surface area contributed by atoms with Crippen LogP contribution in [-0.4, -0.2) is 4.98 Å². The number of thiazole rings is 1. The van der Waals surface area contributed by atoms with E-state index < -0.39 is 11.7 Å². The van der Waals surface area contributed by atoms with E-state index in [0.717, 1.165) is 17.4 Å². The van der Waals surface area contributed by atoms with E-state index in [9.17, 15) is 13.2 Å². The lowest BCUT2D eigenvalue weighted by Gasteiger charge is -2.11. The first kappa shape index (κ1) is 11.4. The molecule has 0 aliphatic carbocycles. The summed E-state index contributed by atoms with van der Waals surface area (Å²) in [5, 5.41) is 2.99. The van der Waals surface area contributed by atoms with Crippen LogP contribution in [0.4, 0.5) is 13.2 Å². The summed E-state index contributed by atoms with van der Waals surface area (Å²) in [4.78, 5) is 3.81. The van der Waals surface area contributed by atoms with Crippen LogP contribution in [-0.2, 0) is 6.18 Å². The first-order chi connectivity index (χ1) is 7.48. The number of hydrogen-bond donors (Lipinski definition) is 0. The molecule has 0 saturated heterocycles. The lowest BCUT2D eigenvalue weighted by Crippen LogP contribution is -2.07.